The molecule has 1 aliphatic heterocycles. The fraction of sp³-hybridized carbons (Fsp3) is 0.607. The van der Waals surface area contributed by atoms with E-state index in [-0.39, 0.29) is 66.0 Å². The normalized spacial score (nSPS) is 21.3. The number of hydrogen-bond acceptors (Lipinski definition) is 19. The highest BCUT2D eigenvalue weighted by atomic mass is 32.2. The van der Waals surface area contributed by atoms with E-state index in [2.05, 4.69) is 41.0 Å². The Morgan fingerprint density at radius 1 is 1.07 bits per heavy atom. The monoisotopic (exact) mass is 891 g/mol. The summed E-state index contributed by atoms with van der Waals surface area (Å²) in [4.78, 5) is 99.0. The highest BCUT2D eigenvalue weighted by Crippen LogP contribution is 2.61. The van der Waals surface area contributed by atoms with Crippen molar-refractivity contribution in [2.45, 2.75) is 70.2 Å². The molecule has 2 aromatic heterocycles. The molecule has 0 bridgehead atoms. The Morgan fingerprint density at radius 2 is 1.75 bits per heavy atom. The molecule has 0 aliphatic carbocycles. The van der Waals surface area contributed by atoms with Gasteiger partial charge in [0.25, 0.3) is 0 Å². The first kappa shape index (κ1) is 48.3. The van der Waals surface area contributed by atoms with Crippen LogP contribution >= 0.6 is 35.2 Å². The molecule has 0 spiro atoms. The van der Waals surface area contributed by atoms with Gasteiger partial charge < -0.3 is 50.9 Å². The van der Waals surface area contributed by atoms with Crippen molar-refractivity contribution in [3.05, 3.63) is 25.3 Å². The van der Waals surface area contributed by atoms with E-state index < -0.39 is 84.6 Å². The number of nitrogens with one attached hydrogen (secondary N) is 2. The third kappa shape index (κ3) is 15.3. The van der Waals surface area contributed by atoms with Crippen LogP contribution in [-0.4, -0.2) is 128 Å². The lowest BCUT2D eigenvalue weighted by molar-refractivity contribution is -0.137. The molecular weight excluding hydrogens is 847 g/mol. The first-order valence-corrected chi connectivity index (χ1v) is 22.1. The Labute approximate surface area is 328 Å². The van der Waals surface area contributed by atoms with Crippen molar-refractivity contribution in [3.63, 3.8) is 0 Å². The van der Waals surface area contributed by atoms with Crippen molar-refractivity contribution in [2.24, 2.45) is 5.41 Å². The van der Waals surface area contributed by atoms with E-state index in [1.807, 2.05) is 0 Å². The summed E-state index contributed by atoms with van der Waals surface area (Å²) in [6.45, 7) is 3.79. The molecule has 57 heavy (non-hydrogen) atoms. The molecule has 2 unspecified atom stereocenters. The lowest BCUT2D eigenvalue weighted by atomic mass is 9.87. The van der Waals surface area contributed by atoms with Crippen molar-refractivity contribution >= 4 is 74.9 Å². The number of carbonyl (C=O) groups excluding carboxylic acids is 4. The number of Topliss-reactive ketones (excluding diaryl/α,β-unsaturated/α-hetero) is 1. The number of carbonyl (C=O) groups is 4. The number of phosphoric acid groups is 3. The molecule has 2 amide bonds. The second kappa shape index (κ2) is 20.8. The Hall–Kier alpha value is -3.03. The summed E-state index contributed by atoms with van der Waals surface area (Å²) in [5, 5.41) is 25.9. The second-order valence-corrected chi connectivity index (χ2v) is 18.2. The average molecular weight is 892 g/mol. The summed E-state index contributed by atoms with van der Waals surface area (Å²) < 4.78 is 62.0. The molecule has 1 saturated heterocycles. The molecule has 7 atom stereocenters. The predicted molar refractivity (Wildman–Crippen MR) is 196 cm³/mol. The molecular formula is C28H44N7O18P3S. The number of thioether (sulfide) groups is 1. The number of ether oxygens (including phenoxy) is 1. The number of imidazole rings is 1. The molecule has 3 rings (SSSR count). The first-order valence-electron chi connectivity index (χ1n) is 16.6. The van der Waals surface area contributed by atoms with Gasteiger partial charge in [-0.25, -0.2) is 28.6 Å². The van der Waals surface area contributed by atoms with Crippen LogP contribution in [0, 0.1) is 5.41 Å². The second-order valence-electron chi connectivity index (χ2n) is 12.8. The van der Waals surface area contributed by atoms with Crippen LogP contribution in [-0.2, 0) is 55.5 Å². The lowest BCUT2D eigenvalue weighted by Gasteiger charge is -2.30. The van der Waals surface area contributed by atoms with Gasteiger partial charge in [0.15, 0.2) is 22.8 Å². The van der Waals surface area contributed by atoms with Gasteiger partial charge in [-0.2, -0.15) is 4.31 Å². The van der Waals surface area contributed by atoms with Gasteiger partial charge in [-0.05, 0) is 6.42 Å². The summed E-state index contributed by atoms with van der Waals surface area (Å²) in [6, 6.07) is 0. The quantitative estimate of drug-likeness (QED) is 0.0280. The van der Waals surface area contributed by atoms with Gasteiger partial charge in [-0.15, -0.1) is 6.58 Å². The van der Waals surface area contributed by atoms with Crippen molar-refractivity contribution in [1.82, 2.24) is 30.2 Å². The number of phosphoric ester groups is 3. The smallest absolute Gasteiger partial charge is 0.386 e. The molecule has 1 fully saturated rings. The molecule has 2 aromatic rings. The molecule has 29 heteroatoms. The number of nitrogen functional groups attached to an aromatic ring is 1. The highest BCUT2D eigenvalue weighted by molar-refractivity contribution is 8.13. The van der Waals surface area contributed by atoms with E-state index in [1.54, 1.807) is 6.08 Å². The van der Waals surface area contributed by atoms with Crippen molar-refractivity contribution in [1.29, 1.82) is 0 Å². The van der Waals surface area contributed by atoms with Gasteiger partial charge >= 0.3 is 23.5 Å². The van der Waals surface area contributed by atoms with Gasteiger partial charge in [0.1, 0.15) is 42.0 Å². The number of fused-ring (bicyclic) bond motifs is 1. The maximum atomic E-state index is 12.7. The first-order chi connectivity index (χ1) is 26.4. The van der Waals surface area contributed by atoms with Gasteiger partial charge in [0.2, 0.25) is 11.8 Å². The van der Waals surface area contributed by atoms with Crippen LogP contribution in [0.2, 0.25) is 0 Å². The standard InChI is InChI=1S/C28H44N7O18P3S/c1-4-5-6-16(36)11-19(38)57-10-9-30-18(37)7-8-31-26(41)23(40)28(2,3)13-50-56(47,48)53-55(45,46)49-12-17-22(52-54(42,43)44)21(39)27(51-17)35-15-34-20-24(29)32-14-33-25(20)35/h4,14-15,17,21-23,27,39-40H,1,5-13H2,2-3H3,(H,30,37)(H,31,41)(H,45,46)(H,47,48)(H2,29,32,33)(H2,42,43,44)/t17-,21-,22-,23+,27-/m1/s1. The lowest BCUT2D eigenvalue weighted by Crippen LogP contribution is -2.46. The number of aliphatic hydroxyl groups is 2. The fourth-order valence-corrected chi connectivity index (χ4v) is 8.38. The number of anilines is 1. The van der Waals surface area contributed by atoms with E-state index in [4.69, 9.17) is 19.5 Å². The van der Waals surface area contributed by atoms with Crippen LogP contribution in [0.3, 0.4) is 0 Å². The molecule has 0 radical (unpaired) electrons. The number of nitrogens with two attached hydrogens (primary N) is 1. The van der Waals surface area contributed by atoms with E-state index >= 15 is 0 Å². The summed E-state index contributed by atoms with van der Waals surface area (Å²) in [5.41, 5.74) is 4.22. The van der Waals surface area contributed by atoms with Crippen LogP contribution in [0.15, 0.2) is 25.3 Å². The minimum atomic E-state index is -5.58. The number of amides is 2. The Kier molecular flexibility index (Phi) is 17.6. The van der Waals surface area contributed by atoms with Crippen LogP contribution in [0.1, 0.15) is 45.8 Å². The SMILES string of the molecule is C=CCCC(=O)CC(=O)SCCNC(=O)CCNC(=O)[C@H](O)C(C)(C)COP(=O)(O)OP(=O)(O)OC[C@H]1O[C@@H](n2cnc3c(N)ncnc32)[C@H](O)[C@@H]1OP(=O)(O)O. The molecule has 3 heterocycles. The number of rotatable bonds is 24. The highest BCUT2D eigenvalue weighted by Gasteiger charge is 2.50. The number of nitrogens with zero attached hydrogens (tertiary/aromatic N) is 4. The Balaban J connectivity index is 1.47. The van der Waals surface area contributed by atoms with Crippen LogP contribution < -0.4 is 16.4 Å². The molecule has 1 aliphatic rings. The molecule has 10 N–H and O–H groups in total. The summed E-state index contributed by atoms with van der Waals surface area (Å²) in [6.07, 6.45) is -5.01. The third-order valence-corrected chi connectivity index (χ3v) is 11.7. The Morgan fingerprint density at radius 3 is 2.42 bits per heavy atom. The van der Waals surface area contributed by atoms with E-state index in [1.165, 1.54) is 13.8 Å². The Bertz CT molecular complexity index is 1910. The zero-order valence-electron chi connectivity index (χ0n) is 30.4. The number of allylic oxidation sites excluding steroid dienone is 1. The van der Waals surface area contributed by atoms with Gasteiger partial charge in [0.05, 0.1) is 26.0 Å². The number of aromatic nitrogens is 4. The van der Waals surface area contributed by atoms with Gasteiger partial charge in [-0.1, -0.05) is 31.7 Å². The van der Waals surface area contributed by atoms with Crippen LogP contribution in [0.25, 0.3) is 11.2 Å². The van der Waals surface area contributed by atoms with Crippen molar-refractivity contribution in [2.75, 3.05) is 37.8 Å². The number of aliphatic hydroxyl groups excluding tert-OH is 2. The number of ketones is 1. The summed E-state index contributed by atoms with van der Waals surface area (Å²) in [7, 11) is -16.4. The zero-order chi connectivity index (χ0) is 42.8. The van der Waals surface area contributed by atoms with Crippen molar-refractivity contribution < 1.29 is 85.3 Å². The summed E-state index contributed by atoms with van der Waals surface area (Å²) >= 11 is 0.885. The fourth-order valence-electron chi connectivity index (χ4n) is 4.86. The van der Waals surface area contributed by atoms with Crippen molar-refractivity contribution in [3.8, 4) is 0 Å². The van der Waals surface area contributed by atoms with E-state index in [9.17, 15) is 62.7 Å². The maximum Gasteiger partial charge on any atom is 0.481 e. The minimum absolute atomic E-state index is 0.0230. The van der Waals surface area contributed by atoms with Gasteiger partial charge in [0, 0.05) is 37.1 Å². The number of hydrogen-bond donors (Lipinski definition) is 9. The molecule has 320 valence electrons. The minimum Gasteiger partial charge on any atom is -0.386 e. The molecule has 0 aromatic carbocycles. The van der Waals surface area contributed by atoms with E-state index in [0.29, 0.717) is 6.42 Å². The van der Waals surface area contributed by atoms with Crippen LogP contribution in [0.5, 0.6) is 0 Å². The van der Waals surface area contributed by atoms with Crippen LogP contribution in [0.4, 0.5) is 5.82 Å². The molecule has 25 nitrogen and oxygen atoms in total. The predicted octanol–water partition coefficient (Wildman–Crippen LogP) is -0.410. The molecule has 0 saturated carbocycles. The van der Waals surface area contributed by atoms with Gasteiger partial charge in [-0.3, -0.25) is 37.3 Å². The average Bonchev–Trinajstić information content (AvgIpc) is 3.67. The largest absolute Gasteiger partial charge is 0.481 e. The third-order valence-electron chi connectivity index (χ3n) is 7.73. The topological polar surface area (TPSA) is 381 Å². The maximum absolute atomic E-state index is 12.7. The van der Waals surface area contributed by atoms with E-state index in [0.717, 1.165) is 29.0 Å². The zero-order valence-corrected chi connectivity index (χ0v) is 33.9. The summed E-state index contributed by atoms with van der Waals surface area (Å²) in [5.74, 6) is -1.56.